The largest absolute Gasteiger partial charge is 0.497 e. The Labute approximate surface area is 210 Å². The smallest absolute Gasteiger partial charge is 0.251 e. The molecule has 7 nitrogen and oxygen atoms in total. The number of nitrogens with one attached hydrogen (secondary N) is 1. The summed E-state index contributed by atoms with van der Waals surface area (Å²) in [6, 6.07) is 23.9. The number of carbonyl (C=O) groups is 3. The van der Waals surface area contributed by atoms with Crippen LogP contribution in [0.25, 0.3) is 0 Å². The SMILES string of the molecule is COc1ccc(C(=O)NCC(=O)N2c3ccccc3N(Cc3ccccc3)C(=O)[C@H]3CCC[C@H]32)cc1. The van der Waals surface area contributed by atoms with Crippen LogP contribution >= 0.6 is 0 Å². The molecule has 1 aliphatic heterocycles. The Hall–Kier alpha value is -4.13. The fourth-order valence-corrected chi connectivity index (χ4v) is 5.27. The first-order chi connectivity index (χ1) is 17.6. The standard InChI is InChI=1S/C29H29N3O4/c1-36-22-16-14-21(15-17-22)28(34)30-18-27(33)32-24-13-7-10-23(24)29(35)31(19-20-8-3-2-4-9-20)25-11-5-6-12-26(25)32/h2-6,8-9,11-12,14-17,23-24H,7,10,13,18-19H2,1H3,(H,30,34)/t23-,24+/m0/s1. The quantitative estimate of drug-likeness (QED) is 0.571. The second-order valence-corrected chi connectivity index (χ2v) is 9.18. The van der Waals surface area contributed by atoms with E-state index in [2.05, 4.69) is 5.32 Å². The van der Waals surface area contributed by atoms with Crippen LogP contribution in [0.1, 0.15) is 35.2 Å². The van der Waals surface area contributed by atoms with E-state index in [0.717, 1.165) is 30.5 Å². The van der Waals surface area contributed by atoms with Crippen LogP contribution in [-0.4, -0.2) is 37.4 Å². The number of fused-ring (bicyclic) bond motifs is 2. The molecule has 5 rings (SSSR count). The first-order valence-electron chi connectivity index (χ1n) is 12.3. The predicted molar refractivity (Wildman–Crippen MR) is 138 cm³/mol. The molecule has 0 aromatic heterocycles. The van der Waals surface area contributed by atoms with Gasteiger partial charge in [-0.05, 0) is 54.8 Å². The van der Waals surface area contributed by atoms with Crippen LogP contribution in [0.15, 0.2) is 78.9 Å². The first-order valence-corrected chi connectivity index (χ1v) is 12.3. The van der Waals surface area contributed by atoms with Crippen LogP contribution in [0.4, 0.5) is 11.4 Å². The highest BCUT2D eigenvalue weighted by atomic mass is 16.5. The highest BCUT2D eigenvalue weighted by molar-refractivity contribution is 6.08. The summed E-state index contributed by atoms with van der Waals surface area (Å²) in [4.78, 5) is 43.7. The molecule has 2 atom stereocenters. The van der Waals surface area contributed by atoms with Crippen molar-refractivity contribution in [2.75, 3.05) is 23.5 Å². The molecule has 0 unspecified atom stereocenters. The van der Waals surface area contributed by atoms with E-state index in [-0.39, 0.29) is 36.2 Å². The Bertz CT molecular complexity index is 1260. The minimum atomic E-state index is -0.334. The van der Waals surface area contributed by atoms with Gasteiger partial charge in [-0.2, -0.15) is 0 Å². The van der Waals surface area contributed by atoms with Crippen molar-refractivity contribution in [2.24, 2.45) is 5.92 Å². The highest BCUT2D eigenvalue weighted by Gasteiger charge is 2.45. The van der Waals surface area contributed by atoms with Crippen molar-refractivity contribution in [3.8, 4) is 5.75 Å². The van der Waals surface area contributed by atoms with Gasteiger partial charge in [0.05, 0.1) is 37.5 Å². The van der Waals surface area contributed by atoms with Crippen molar-refractivity contribution in [2.45, 2.75) is 31.8 Å². The summed E-state index contributed by atoms with van der Waals surface area (Å²) in [5, 5.41) is 2.76. The molecule has 7 heteroatoms. The lowest BCUT2D eigenvalue weighted by molar-refractivity contribution is -0.123. The first kappa shape index (κ1) is 23.6. The van der Waals surface area contributed by atoms with E-state index in [4.69, 9.17) is 4.74 Å². The number of anilines is 2. The number of benzene rings is 3. The van der Waals surface area contributed by atoms with E-state index in [1.54, 1.807) is 36.3 Å². The number of rotatable bonds is 6. The van der Waals surface area contributed by atoms with Crippen molar-refractivity contribution in [3.63, 3.8) is 0 Å². The molecule has 184 valence electrons. The Kier molecular flexibility index (Phi) is 6.71. The van der Waals surface area contributed by atoms with Crippen molar-refractivity contribution in [1.29, 1.82) is 0 Å². The molecule has 3 aromatic rings. The van der Waals surface area contributed by atoms with Gasteiger partial charge in [-0.15, -0.1) is 0 Å². The molecule has 1 N–H and O–H groups in total. The number of nitrogens with zero attached hydrogens (tertiary/aromatic N) is 2. The maximum Gasteiger partial charge on any atom is 0.251 e. The molecule has 1 fully saturated rings. The summed E-state index contributed by atoms with van der Waals surface area (Å²) >= 11 is 0. The van der Waals surface area contributed by atoms with E-state index < -0.39 is 0 Å². The van der Waals surface area contributed by atoms with E-state index in [0.29, 0.717) is 23.5 Å². The Balaban J connectivity index is 1.42. The molecule has 0 spiro atoms. The summed E-state index contributed by atoms with van der Waals surface area (Å²) < 4.78 is 5.14. The zero-order valence-corrected chi connectivity index (χ0v) is 20.2. The topological polar surface area (TPSA) is 79.0 Å². The molecule has 1 heterocycles. The molecule has 2 aliphatic rings. The van der Waals surface area contributed by atoms with Crippen molar-refractivity contribution in [1.82, 2.24) is 5.32 Å². The minimum Gasteiger partial charge on any atom is -0.497 e. The van der Waals surface area contributed by atoms with E-state index in [1.807, 2.05) is 59.5 Å². The van der Waals surface area contributed by atoms with Gasteiger partial charge in [0, 0.05) is 11.6 Å². The number of carbonyl (C=O) groups excluding carboxylic acids is 3. The second-order valence-electron chi connectivity index (χ2n) is 9.18. The van der Waals surface area contributed by atoms with E-state index >= 15 is 0 Å². The Morgan fingerprint density at radius 2 is 1.61 bits per heavy atom. The number of amides is 3. The summed E-state index contributed by atoms with van der Waals surface area (Å²) in [6.07, 6.45) is 2.37. The number of hydrogen-bond donors (Lipinski definition) is 1. The van der Waals surface area contributed by atoms with Gasteiger partial charge in [-0.1, -0.05) is 48.9 Å². The number of ether oxygens (including phenoxy) is 1. The third-order valence-electron chi connectivity index (χ3n) is 7.03. The van der Waals surface area contributed by atoms with Crippen LogP contribution in [0, 0.1) is 5.92 Å². The lowest BCUT2D eigenvalue weighted by atomic mass is 10.0. The molecule has 36 heavy (non-hydrogen) atoms. The van der Waals surface area contributed by atoms with E-state index in [9.17, 15) is 14.4 Å². The summed E-state index contributed by atoms with van der Waals surface area (Å²) in [5.41, 5.74) is 2.90. The van der Waals surface area contributed by atoms with Gasteiger partial charge >= 0.3 is 0 Å². The zero-order valence-electron chi connectivity index (χ0n) is 20.2. The van der Waals surface area contributed by atoms with Gasteiger partial charge < -0.3 is 19.9 Å². The van der Waals surface area contributed by atoms with Crippen molar-refractivity contribution < 1.29 is 19.1 Å². The van der Waals surface area contributed by atoms with Crippen LogP contribution < -0.4 is 19.9 Å². The molecule has 0 bridgehead atoms. The molecule has 0 radical (unpaired) electrons. The highest BCUT2D eigenvalue weighted by Crippen LogP contribution is 2.43. The van der Waals surface area contributed by atoms with Gasteiger partial charge in [0.25, 0.3) is 5.91 Å². The predicted octanol–water partition coefficient (Wildman–Crippen LogP) is 4.17. The fraction of sp³-hybridized carbons (Fsp3) is 0.276. The average molecular weight is 484 g/mol. The van der Waals surface area contributed by atoms with Crippen molar-refractivity contribution in [3.05, 3.63) is 90.0 Å². The van der Waals surface area contributed by atoms with E-state index in [1.165, 1.54) is 0 Å². The number of hydrogen-bond acceptors (Lipinski definition) is 4. The number of para-hydroxylation sites is 2. The van der Waals surface area contributed by atoms with Gasteiger partial charge in [0.15, 0.2) is 0 Å². The lowest BCUT2D eigenvalue weighted by Gasteiger charge is -2.30. The Morgan fingerprint density at radius 3 is 2.33 bits per heavy atom. The molecule has 3 amide bonds. The average Bonchev–Trinajstić information content (AvgIpc) is 3.37. The molecule has 3 aromatic carbocycles. The third kappa shape index (κ3) is 4.56. The fourth-order valence-electron chi connectivity index (χ4n) is 5.27. The van der Waals surface area contributed by atoms with Crippen LogP contribution in [-0.2, 0) is 16.1 Å². The molecule has 1 saturated carbocycles. The van der Waals surface area contributed by atoms with Crippen LogP contribution in [0.2, 0.25) is 0 Å². The number of methoxy groups -OCH3 is 1. The minimum absolute atomic E-state index is 0.0476. The lowest BCUT2D eigenvalue weighted by Crippen LogP contribution is -2.48. The van der Waals surface area contributed by atoms with Gasteiger partial charge in [0.1, 0.15) is 5.75 Å². The van der Waals surface area contributed by atoms with Crippen LogP contribution in [0.5, 0.6) is 5.75 Å². The molecular formula is C29H29N3O4. The van der Waals surface area contributed by atoms with Crippen LogP contribution in [0.3, 0.4) is 0 Å². The van der Waals surface area contributed by atoms with Gasteiger partial charge in [0.2, 0.25) is 11.8 Å². The van der Waals surface area contributed by atoms with Gasteiger partial charge in [-0.25, -0.2) is 0 Å². The molecule has 1 aliphatic carbocycles. The molecular weight excluding hydrogens is 454 g/mol. The monoisotopic (exact) mass is 483 g/mol. The second kappa shape index (κ2) is 10.2. The summed E-state index contributed by atoms with van der Waals surface area (Å²) in [7, 11) is 1.56. The molecule has 0 saturated heterocycles. The summed E-state index contributed by atoms with van der Waals surface area (Å²) in [6.45, 7) is 0.283. The van der Waals surface area contributed by atoms with Crippen molar-refractivity contribution >= 4 is 29.1 Å². The maximum atomic E-state index is 13.8. The summed E-state index contributed by atoms with van der Waals surface area (Å²) in [5.74, 6) is -0.135. The van der Waals surface area contributed by atoms with Gasteiger partial charge in [-0.3, -0.25) is 14.4 Å². The zero-order chi connectivity index (χ0) is 25.1. The Morgan fingerprint density at radius 1 is 0.917 bits per heavy atom. The maximum absolute atomic E-state index is 13.8. The normalized spacial score (nSPS) is 18.8. The third-order valence-corrected chi connectivity index (χ3v) is 7.03.